The number of hydrogen-bond acceptors (Lipinski definition) is 2. The minimum absolute atomic E-state index is 0.887. The van der Waals surface area contributed by atoms with Crippen molar-refractivity contribution in [2.24, 2.45) is 0 Å². The molecule has 3 rings (SSSR count). The van der Waals surface area contributed by atoms with Gasteiger partial charge in [0.15, 0.2) is 0 Å². The number of rotatable bonds is 6. The molecule has 1 saturated heterocycles. The SMILES string of the molecule is Cc1cccc(C)c1/C=C\c1cccc(CCCN2CCOCC2)c1. The maximum atomic E-state index is 5.41. The molecule has 0 aliphatic carbocycles. The summed E-state index contributed by atoms with van der Waals surface area (Å²) in [5.41, 5.74) is 6.71. The monoisotopic (exact) mass is 335 g/mol. The molecule has 1 aliphatic rings. The standard InChI is InChI=1S/C23H29NO/c1-19-6-3-7-20(2)23(19)12-11-22-9-4-8-21(18-22)10-5-13-24-14-16-25-17-15-24/h3-4,6-9,11-12,18H,5,10,13-17H2,1-2H3/b12-11-. The molecule has 2 aromatic rings. The predicted octanol–water partition coefficient (Wildman–Crippen LogP) is 4.74. The zero-order valence-electron chi connectivity index (χ0n) is 15.5. The van der Waals surface area contributed by atoms with Gasteiger partial charge in [0.05, 0.1) is 13.2 Å². The first kappa shape index (κ1) is 17.9. The number of aryl methyl sites for hydroxylation is 3. The van der Waals surface area contributed by atoms with E-state index in [1.807, 2.05) is 0 Å². The van der Waals surface area contributed by atoms with Crippen LogP contribution in [0.3, 0.4) is 0 Å². The lowest BCUT2D eigenvalue weighted by Gasteiger charge is -2.26. The highest BCUT2D eigenvalue weighted by Gasteiger charge is 2.09. The van der Waals surface area contributed by atoms with Crippen LogP contribution in [-0.2, 0) is 11.2 Å². The Labute approximate surface area is 152 Å². The van der Waals surface area contributed by atoms with Crippen LogP contribution in [0.4, 0.5) is 0 Å². The number of nitrogens with zero attached hydrogens (tertiary/aromatic N) is 1. The van der Waals surface area contributed by atoms with Crippen molar-refractivity contribution in [1.82, 2.24) is 4.90 Å². The van der Waals surface area contributed by atoms with Crippen molar-refractivity contribution in [3.05, 3.63) is 70.3 Å². The Morgan fingerprint density at radius 1 is 0.960 bits per heavy atom. The topological polar surface area (TPSA) is 12.5 Å². The highest BCUT2D eigenvalue weighted by molar-refractivity contribution is 5.72. The molecule has 0 spiro atoms. The van der Waals surface area contributed by atoms with Crippen LogP contribution in [0.5, 0.6) is 0 Å². The molecular weight excluding hydrogens is 306 g/mol. The van der Waals surface area contributed by atoms with Crippen LogP contribution in [0.2, 0.25) is 0 Å². The van der Waals surface area contributed by atoms with E-state index in [1.54, 1.807) is 0 Å². The summed E-state index contributed by atoms with van der Waals surface area (Å²) in [6.45, 7) is 9.46. The quantitative estimate of drug-likeness (QED) is 0.707. The average Bonchev–Trinajstić information content (AvgIpc) is 2.63. The van der Waals surface area contributed by atoms with Crippen molar-refractivity contribution in [1.29, 1.82) is 0 Å². The summed E-state index contributed by atoms with van der Waals surface area (Å²) in [5.74, 6) is 0. The summed E-state index contributed by atoms with van der Waals surface area (Å²) in [6.07, 6.45) is 6.84. The summed E-state index contributed by atoms with van der Waals surface area (Å²) in [7, 11) is 0. The van der Waals surface area contributed by atoms with E-state index in [0.717, 1.165) is 32.7 Å². The van der Waals surface area contributed by atoms with E-state index < -0.39 is 0 Å². The summed E-state index contributed by atoms with van der Waals surface area (Å²) >= 11 is 0. The van der Waals surface area contributed by atoms with Gasteiger partial charge >= 0.3 is 0 Å². The molecule has 1 fully saturated rings. The summed E-state index contributed by atoms with van der Waals surface area (Å²) < 4.78 is 5.41. The number of ether oxygens (including phenoxy) is 1. The van der Waals surface area contributed by atoms with Crippen molar-refractivity contribution >= 4 is 12.2 Å². The van der Waals surface area contributed by atoms with Gasteiger partial charge in [-0.1, -0.05) is 54.6 Å². The molecule has 1 aliphatic heterocycles. The lowest BCUT2D eigenvalue weighted by Crippen LogP contribution is -2.36. The highest BCUT2D eigenvalue weighted by atomic mass is 16.5. The van der Waals surface area contributed by atoms with Gasteiger partial charge in [-0.05, 0) is 61.1 Å². The molecule has 0 bridgehead atoms. The maximum absolute atomic E-state index is 5.41. The molecule has 0 radical (unpaired) electrons. The summed E-state index contributed by atoms with van der Waals surface area (Å²) in [6, 6.07) is 15.4. The normalized spacial score (nSPS) is 15.8. The molecule has 0 N–H and O–H groups in total. The Hall–Kier alpha value is -1.90. The Morgan fingerprint density at radius 3 is 2.44 bits per heavy atom. The molecule has 2 heteroatoms. The minimum atomic E-state index is 0.887. The zero-order chi connectivity index (χ0) is 17.5. The van der Waals surface area contributed by atoms with E-state index in [1.165, 1.54) is 40.8 Å². The Balaban J connectivity index is 1.58. The maximum Gasteiger partial charge on any atom is 0.0594 e. The smallest absolute Gasteiger partial charge is 0.0594 e. The van der Waals surface area contributed by atoms with E-state index >= 15 is 0 Å². The van der Waals surface area contributed by atoms with Crippen molar-refractivity contribution in [3.63, 3.8) is 0 Å². The third-order valence-electron chi connectivity index (χ3n) is 4.98. The minimum Gasteiger partial charge on any atom is -0.379 e. The van der Waals surface area contributed by atoms with Crippen molar-refractivity contribution in [2.75, 3.05) is 32.8 Å². The molecular formula is C23H29NO. The van der Waals surface area contributed by atoms with Gasteiger partial charge in [-0.3, -0.25) is 4.90 Å². The molecule has 2 aromatic carbocycles. The van der Waals surface area contributed by atoms with Crippen LogP contribution in [0.1, 0.15) is 34.2 Å². The van der Waals surface area contributed by atoms with E-state index in [9.17, 15) is 0 Å². The van der Waals surface area contributed by atoms with Gasteiger partial charge in [-0.2, -0.15) is 0 Å². The molecule has 0 saturated carbocycles. The first-order chi connectivity index (χ1) is 12.2. The molecule has 0 amide bonds. The third kappa shape index (κ3) is 5.29. The lowest BCUT2D eigenvalue weighted by atomic mass is 10.0. The van der Waals surface area contributed by atoms with Crippen molar-refractivity contribution in [3.8, 4) is 0 Å². The number of benzene rings is 2. The number of hydrogen-bond donors (Lipinski definition) is 0. The van der Waals surface area contributed by atoms with Gasteiger partial charge in [0.25, 0.3) is 0 Å². The van der Waals surface area contributed by atoms with E-state index in [0.29, 0.717) is 0 Å². The fourth-order valence-electron chi connectivity index (χ4n) is 3.45. The van der Waals surface area contributed by atoms with Gasteiger partial charge in [0.2, 0.25) is 0 Å². The van der Waals surface area contributed by atoms with Crippen LogP contribution < -0.4 is 0 Å². The first-order valence-corrected chi connectivity index (χ1v) is 9.36. The third-order valence-corrected chi connectivity index (χ3v) is 4.98. The highest BCUT2D eigenvalue weighted by Crippen LogP contribution is 2.18. The molecule has 25 heavy (non-hydrogen) atoms. The van der Waals surface area contributed by atoms with E-state index in [2.05, 4.69) is 73.4 Å². The molecule has 0 unspecified atom stereocenters. The van der Waals surface area contributed by atoms with Crippen LogP contribution in [0.25, 0.3) is 12.2 Å². The predicted molar refractivity (Wildman–Crippen MR) is 107 cm³/mol. The van der Waals surface area contributed by atoms with Gasteiger partial charge in [0, 0.05) is 13.1 Å². The fraction of sp³-hybridized carbons (Fsp3) is 0.391. The van der Waals surface area contributed by atoms with Crippen molar-refractivity contribution in [2.45, 2.75) is 26.7 Å². The summed E-state index contributed by atoms with van der Waals surface area (Å²) in [5, 5.41) is 0. The second kappa shape index (κ2) is 8.98. The largest absolute Gasteiger partial charge is 0.379 e. The summed E-state index contributed by atoms with van der Waals surface area (Å²) in [4.78, 5) is 2.51. The van der Waals surface area contributed by atoms with Gasteiger partial charge in [-0.15, -0.1) is 0 Å². The molecule has 1 heterocycles. The lowest BCUT2D eigenvalue weighted by molar-refractivity contribution is 0.0375. The van der Waals surface area contributed by atoms with Crippen LogP contribution in [-0.4, -0.2) is 37.7 Å². The molecule has 132 valence electrons. The molecule has 0 aromatic heterocycles. The zero-order valence-corrected chi connectivity index (χ0v) is 15.5. The molecule has 0 atom stereocenters. The first-order valence-electron chi connectivity index (χ1n) is 9.36. The van der Waals surface area contributed by atoms with Crippen LogP contribution >= 0.6 is 0 Å². The van der Waals surface area contributed by atoms with E-state index in [4.69, 9.17) is 4.74 Å². The molecule has 2 nitrogen and oxygen atoms in total. The second-order valence-electron chi connectivity index (χ2n) is 6.94. The Kier molecular flexibility index (Phi) is 6.43. The van der Waals surface area contributed by atoms with Crippen LogP contribution in [0.15, 0.2) is 42.5 Å². The average molecular weight is 335 g/mol. The van der Waals surface area contributed by atoms with Gasteiger partial charge in [0.1, 0.15) is 0 Å². The van der Waals surface area contributed by atoms with E-state index in [-0.39, 0.29) is 0 Å². The van der Waals surface area contributed by atoms with Crippen LogP contribution in [0, 0.1) is 13.8 Å². The fourth-order valence-corrected chi connectivity index (χ4v) is 3.45. The number of morpholine rings is 1. The second-order valence-corrected chi connectivity index (χ2v) is 6.94. The van der Waals surface area contributed by atoms with Gasteiger partial charge < -0.3 is 4.74 Å². The van der Waals surface area contributed by atoms with Crippen molar-refractivity contribution < 1.29 is 4.74 Å². The van der Waals surface area contributed by atoms with Gasteiger partial charge in [-0.25, -0.2) is 0 Å². The Morgan fingerprint density at radius 2 is 1.68 bits per heavy atom. The Bertz CT molecular complexity index is 694.